The smallest absolute Gasteiger partial charge is 0.261 e. The second kappa shape index (κ2) is 8.46. The summed E-state index contributed by atoms with van der Waals surface area (Å²) in [6.07, 6.45) is -1.33. The Morgan fingerprint density at radius 2 is 1.35 bits per heavy atom. The van der Waals surface area contributed by atoms with E-state index in [4.69, 9.17) is 10.2 Å². The van der Waals surface area contributed by atoms with Crippen molar-refractivity contribution in [3.8, 4) is 0 Å². The molecule has 0 saturated heterocycles. The Morgan fingerprint density at radius 1 is 0.923 bits per heavy atom. The molecule has 26 heavy (non-hydrogen) atoms. The topological polar surface area (TPSA) is 35.2 Å². The fraction of sp³-hybridized carbons (Fsp3) is 0.455. The van der Waals surface area contributed by atoms with E-state index in [0.29, 0.717) is 6.61 Å². The summed E-state index contributed by atoms with van der Waals surface area (Å²) in [5.74, 6) is -0.204. The van der Waals surface area contributed by atoms with E-state index in [1.54, 1.807) is 0 Å². The van der Waals surface area contributed by atoms with Crippen LogP contribution in [0.4, 0.5) is 4.39 Å². The lowest BCUT2D eigenvalue weighted by atomic mass is 9.96. The van der Waals surface area contributed by atoms with Crippen LogP contribution in [0.15, 0.2) is 60.7 Å². The van der Waals surface area contributed by atoms with E-state index in [9.17, 15) is 4.39 Å². The van der Waals surface area contributed by atoms with Crippen molar-refractivity contribution < 1.29 is 8.82 Å². The molecule has 0 saturated carbocycles. The highest BCUT2D eigenvalue weighted by Gasteiger charge is 2.50. The molecule has 2 aromatic rings. The van der Waals surface area contributed by atoms with Crippen molar-refractivity contribution in [2.45, 2.75) is 46.0 Å². The summed E-state index contributed by atoms with van der Waals surface area (Å²) in [4.78, 5) is 0. The van der Waals surface area contributed by atoms with Gasteiger partial charge in [0.25, 0.3) is 8.32 Å². The molecule has 2 N–H and O–H groups in total. The molecule has 0 aliphatic carbocycles. The zero-order valence-electron chi connectivity index (χ0n) is 16.6. The molecule has 0 amide bonds. The molecule has 4 heteroatoms. The van der Waals surface area contributed by atoms with Crippen molar-refractivity contribution in [1.29, 1.82) is 0 Å². The number of alkyl halides is 1. The molecule has 0 bridgehead atoms. The number of benzene rings is 2. The van der Waals surface area contributed by atoms with Gasteiger partial charge in [-0.2, -0.15) is 0 Å². The number of rotatable bonds is 7. The van der Waals surface area contributed by atoms with E-state index in [-0.39, 0.29) is 16.9 Å². The van der Waals surface area contributed by atoms with Gasteiger partial charge in [-0.15, -0.1) is 0 Å². The average molecular weight is 374 g/mol. The molecule has 0 aliphatic heterocycles. The van der Waals surface area contributed by atoms with Crippen molar-refractivity contribution in [3.63, 3.8) is 0 Å². The average Bonchev–Trinajstić information content (AvgIpc) is 2.62. The van der Waals surface area contributed by atoms with E-state index < -0.39 is 14.6 Å². The largest absolute Gasteiger partial charge is 0.407 e. The monoisotopic (exact) mass is 373 g/mol. The lowest BCUT2D eigenvalue weighted by Gasteiger charge is -2.44. The summed E-state index contributed by atoms with van der Waals surface area (Å²) in [7, 11) is -2.56. The summed E-state index contributed by atoms with van der Waals surface area (Å²) in [6, 6.07) is 21.0. The van der Waals surface area contributed by atoms with Crippen LogP contribution in [-0.2, 0) is 4.43 Å². The fourth-order valence-corrected chi connectivity index (χ4v) is 8.15. The molecule has 0 radical (unpaired) electrons. The standard InChI is InChI=1S/C22H32FNOSi/c1-17(18(2)21(23)24)16-25-26(22(3,4)5,19-12-8-6-9-13-19)20-14-10-7-11-15-20/h6-15,17-18,21H,16,24H2,1-5H3/t17-,18?,21+/m1/s1. The minimum Gasteiger partial charge on any atom is -0.407 e. The van der Waals surface area contributed by atoms with Gasteiger partial charge in [-0.05, 0) is 21.3 Å². The maximum Gasteiger partial charge on any atom is 0.261 e. The second-order valence-electron chi connectivity index (χ2n) is 8.26. The van der Waals surface area contributed by atoms with Gasteiger partial charge in [0.1, 0.15) is 0 Å². The summed E-state index contributed by atoms with van der Waals surface area (Å²) in [5.41, 5.74) is 5.47. The second-order valence-corrected chi connectivity index (χ2v) is 12.6. The van der Waals surface area contributed by atoms with Crippen LogP contribution in [0.3, 0.4) is 0 Å². The maximum atomic E-state index is 13.6. The van der Waals surface area contributed by atoms with Crippen LogP contribution in [0, 0.1) is 11.8 Å². The Bertz CT molecular complexity index is 630. The zero-order chi connectivity index (χ0) is 19.4. The molecule has 2 nitrogen and oxygen atoms in total. The van der Waals surface area contributed by atoms with Crippen LogP contribution >= 0.6 is 0 Å². The predicted molar refractivity (Wildman–Crippen MR) is 111 cm³/mol. The molecule has 0 spiro atoms. The molecule has 1 unspecified atom stereocenters. The number of hydrogen-bond acceptors (Lipinski definition) is 2. The van der Waals surface area contributed by atoms with Crippen LogP contribution in [0.5, 0.6) is 0 Å². The Balaban J connectivity index is 2.51. The third kappa shape index (κ3) is 4.25. The number of hydrogen-bond donors (Lipinski definition) is 1. The molecule has 0 heterocycles. The minimum atomic E-state index is -2.56. The van der Waals surface area contributed by atoms with Crippen LogP contribution in [0.2, 0.25) is 5.04 Å². The third-order valence-corrected chi connectivity index (χ3v) is 10.4. The highest BCUT2D eigenvalue weighted by atomic mass is 28.4. The van der Waals surface area contributed by atoms with Crippen LogP contribution < -0.4 is 16.1 Å². The molecular weight excluding hydrogens is 341 g/mol. The summed E-state index contributed by atoms with van der Waals surface area (Å²) < 4.78 is 20.4. The molecule has 0 aliphatic rings. The fourth-order valence-electron chi connectivity index (χ4n) is 3.48. The molecule has 3 atom stereocenters. The van der Waals surface area contributed by atoms with E-state index in [0.717, 1.165) is 0 Å². The highest BCUT2D eigenvalue weighted by molar-refractivity contribution is 6.99. The van der Waals surface area contributed by atoms with Gasteiger partial charge >= 0.3 is 0 Å². The SMILES string of the molecule is CC([C@H](N)F)[C@H](C)CO[Si](c1ccccc1)(c1ccccc1)C(C)(C)C. The van der Waals surface area contributed by atoms with Gasteiger partial charge in [0, 0.05) is 12.5 Å². The molecule has 0 fully saturated rings. The van der Waals surface area contributed by atoms with E-state index in [1.165, 1.54) is 10.4 Å². The van der Waals surface area contributed by atoms with Crippen molar-refractivity contribution in [2.24, 2.45) is 17.6 Å². The number of nitrogens with two attached hydrogens (primary N) is 1. The van der Waals surface area contributed by atoms with Crippen molar-refractivity contribution in [3.05, 3.63) is 60.7 Å². The summed E-state index contributed by atoms with van der Waals surface area (Å²) in [5, 5.41) is 2.41. The molecular formula is C22H32FNOSi. The van der Waals surface area contributed by atoms with Gasteiger partial charge in [0.15, 0.2) is 6.30 Å². The first-order valence-electron chi connectivity index (χ1n) is 9.35. The van der Waals surface area contributed by atoms with Gasteiger partial charge in [0.05, 0.1) is 0 Å². The predicted octanol–water partition coefficient (Wildman–Crippen LogP) is 4.09. The lowest BCUT2D eigenvalue weighted by molar-refractivity contribution is 0.139. The van der Waals surface area contributed by atoms with Crippen molar-refractivity contribution in [2.75, 3.05) is 6.61 Å². The third-order valence-electron chi connectivity index (χ3n) is 5.38. The number of halogens is 1. The van der Waals surface area contributed by atoms with Crippen molar-refractivity contribution >= 4 is 18.7 Å². The molecule has 2 aromatic carbocycles. The van der Waals surface area contributed by atoms with Gasteiger partial charge in [-0.25, -0.2) is 4.39 Å². The summed E-state index contributed by atoms with van der Waals surface area (Å²) in [6.45, 7) is 11.1. The lowest BCUT2D eigenvalue weighted by Crippen LogP contribution is -2.67. The highest BCUT2D eigenvalue weighted by Crippen LogP contribution is 2.37. The Hall–Kier alpha value is -1.49. The van der Waals surface area contributed by atoms with Crippen LogP contribution in [0.25, 0.3) is 0 Å². The Labute approximate surface area is 158 Å². The minimum absolute atomic E-state index is 0.0386. The normalized spacial score (nSPS) is 16.1. The Morgan fingerprint density at radius 3 is 1.69 bits per heavy atom. The quantitative estimate of drug-likeness (QED) is 0.586. The first-order valence-corrected chi connectivity index (χ1v) is 11.3. The Kier molecular flexibility index (Phi) is 6.78. The van der Waals surface area contributed by atoms with E-state index in [2.05, 4.69) is 69.3 Å². The van der Waals surface area contributed by atoms with Gasteiger partial charge in [-0.1, -0.05) is 95.3 Å². The van der Waals surface area contributed by atoms with Crippen LogP contribution in [-0.4, -0.2) is 21.2 Å². The van der Waals surface area contributed by atoms with E-state index >= 15 is 0 Å². The van der Waals surface area contributed by atoms with Gasteiger partial charge < -0.3 is 10.2 Å². The first-order chi connectivity index (χ1) is 12.2. The zero-order valence-corrected chi connectivity index (χ0v) is 17.6. The molecule has 0 aromatic heterocycles. The molecule has 142 valence electrons. The van der Waals surface area contributed by atoms with Crippen molar-refractivity contribution in [1.82, 2.24) is 0 Å². The molecule has 2 rings (SSSR count). The van der Waals surface area contributed by atoms with E-state index in [1.807, 2.05) is 26.0 Å². The van der Waals surface area contributed by atoms with Crippen LogP contribution in [0.1, 0.15) is 34.6 Å². The van der Waals surface area contributed by atoms with Gasteiger partial charge in [-0.3, -0.25) is 0 Å². The summed E-state index contributed by atoms with van der Waals surface area (Å²) >= 11 is 0. The first kappa shape index (κ1) is 20.8. The maximum absolute atomic E-state index is 13.6. The van der Waals surface area contributed by atoms with Gasteiger partial charge in [0.2, 0.25) is 0 Å².